The first-order valence-electron chi connectivity index (χ1n) is 6.32. The van der Waals surface area contributed by atoms with Crippen molar-refractivity contribution in [3.8, 4) is 0 Å². The second-order valence-corrected chi connectivity index (χ2v) is 4.78. The maximum absolute atomic E-state index is 12.2. The van der Waals surface area contributed by atoms with Crippen LogP contribution in [0.15, 0.2) is 11.1 Å². The van der Waals surface area contributed by atoms with Crippen LogP contribution in [0.3, 0.4) is 0 Å². The lowest BCUT2D eigenvalue weighted by atomic mass is 10.1. The van der Waals surface area contributed by atoms with Gasteiger partial charge in [0, 0.05) is 36.8 Å². The number of amides is 1. The molecule has 102 valence electrons. The molecule has 0 saturated carbocycles. The molecule has 1 atom stereocenters. The van der Waals surface area contributed by atoms with E-state index in [1.807, 2.05) is 0 Å². The van der Waals surface area contributed by atoms with E-state index in [2.05, 4.69) is 18.7 Å². The number of carboxylic acids is 1. The van der Waals surface area contributed by atoms with Gasteiger partial charge in [-0.1, -0.05) is 6.92 Å². The average Bonchev–Trinajstić information content (AvgIpc) is 2.35. The SMILES string of the molecule is CCN1CCN(C(=O)C(C)=C(C)C(=O)O)CC1C. The van der Waals surface area contributed by atoms with Gasteiger partial charge in [-0.3, -0.25) is 9.69 Å². The second-order valence-electron chi connectivity index (χ2n) is 4.78. The van der Waals surface area contributed by atoms with Gasteiger partial charge < -0.3 is 10.0 Å². The molecular formula is C13H22N2O3. The number of carbonyl (C=O) groups is 2. The summed E-state index contributed by atoms with van der Waals surface area (Å²) >= 11 is 0. The van der Waals surface area contributed by atoms with Gasteiger partial charge in [0.1, 0.15) is 0 Å². The van der Waals surface area contributed by atoms with E-state index < -0.39 is 5.97 Å². The lowest BCUT2D eigenvalue weighted by Gasteiger charge is -2.39. The Morgan fingerprint density at radius 1 is 1.22 bits per heavy atom. The summed E-state index contributed by atoms with van der Waals surface area (Å²) in [5.41, 5.74) is 0.463. The smallest absolute Gasteiger partial charge is 0.331 e. The van der Waals surface area contributed by atoms with E-state index in [4.69, 9.17) is 5.11 Å². The molecule has 18 heavy (non-hydrogen) atoms. The lowest BCUT2D eigenvalue weighted by molar-refractivity contribution is -0.134. The molecule has 5 nitrogen and oxygen atoms in total. The van der Waals surface area contributed by atoms with Crippen LogP contribution >= 0.6 is 0 Å². The fourth-order valence-corrected chi connectivity index (χ4v) is 2.21. The Balaban J connectivity index is 2.76. The van der Waals surface area contributed by atoms with Gasteiger partial charge >= 0.3 is 5.97 Å². The van der Waals surface area contributed by atoms with E-state index >= 15 is 0 Å². The molecule has 1 aliphatic rings. The minimum atomic E-state index is -1.03. The molecule has 0 radical (unpaired) electrons. The molecule has 1 fully saturated rings. The van der Waals surface area contributed by atoms with E-state index in [0.717, 1.165) is 13.1 Å². The Hall–Kier alpha value is -1.36. The fourth-order valence-electron chi connectivity index (χ4n) is 2.21. The van der Waals surface area contributed by atoms with Gasteiger partial charge in [-0.25, -0.2) is 4.79 Å². The van der Waals surface area contributed by atoms with E-state index in [1.54, 1.807) is 11.8 Å². The molecule has 1 unspecified atom stereocenters. The lowest BCUT2D eigenvalue weighted by Crippen LogP contribution is -2.53. The summed E-state index contributed by atoms with van der Waals surface area (Å²) in [6.45, 7) is 10.4. The third-order valence-corrected chi connectivity index (χ3v) is 3.66. The fraction of sp³-hybridized carbons (Fsp3) is 0.692. The van der Waals surface area contributed by atoms with Gasteiger partial charge in [-0.2, -0.15) is 0 Å². The maximum atomic E-state index is 12.2. The number of piperazine rings is 1. The van der Waals surface area contributed by atoms with Gasteiger partial charge in [0.15, 0.2) is 0 Å². The Bertz CT molecular complexity index is 376. The number of nitrogens with zero attached hydrogens (tertiary/aromatic N) is 2. The summed E-state index contributed by atoms with van der Waals surface area (Å²) in [6.07, 6.45) is 0. The highest BCUT2D eigenvalue weighted by atomic mass is 16.4. The van der Waals surface area contributed by atoms with Gasteiger partial charge in [-0.15, -0.1) is 0 Å². The zero-order chi connectivity index (χ0) is 13.9. The Kier molecular flexibility index (Phi) is 4.90. The van der Waals surface area contributed by atoms with Crippen molar-refractivity contribution in [2.24, 2.45) is 0 Å². The number of aliphatic carboxylic acids is 1. The second kappa shape index (κ2) is 6.00. The molecule has 0 spiro atoms. The number of carbonyl (C=O) groups excluding carboxylic acids is 1. The van der Waals surface area contributed by atoms with Crippen molar-refractivity contribution in [1.29, 1.82) is 0 Å². The first-order chi connectivity index (χ1) is 8.38. The molecule has 1 saturated heterocycles. The minimum absolute atomic E-state index is 0.130. The van der Waals surface area contributed by atoms with Gasteiger partial charge in [-0.05, 0) is 27.3 Å². The highest BCUT2D eigenvalue weighted by molar-refractivity contribution is 6.01. The van der Waals surface area contributed by atoms with Crippen LogP contribution in [-0.2, 0) is 9.59 Å². The van der Waals surface area contributed by atoms with Crippen LogP contribution < -0.4 is 0 Å². The highest BCUT2D eigenvalue weighted by Crippen LogP contribution is 2.14. The van der Waals surface area contributed by atoms with Crippen LogP contribution in [0, 0.1) is 0 Å². The van der Waals surface area contributed by atoms with Gasteiger partial charge in [0.2, 0.25) is 5.91 Å². The van der Waals surface area contributed by atoms with Crippen molar-refractivity contribution in [1.82, 2.24) is 9.80 Å². The standard InChI is InChI=1S/C13H22N2O3/c1-5-14-6-7-15(8-9(14)2)12(16)10(3)11(4)13(17)18/h9H,5-8H2,1-4H3,(H,17,18). The van der Waals surface area contributed by atoms with Crippen LogP contribution in [0.5, 0.6) is 0 Å². The first kappa shape index (κ1) is 14.7. The molecule has 0 aromatic rings. The quantitative estimate of drug-likeness (QED) is 0.762. The summed E-state index contributed by atoms with van der Waals surface area (Å²) in [5.74, 6) is -1.18. The van der Waals surface area contributed by atoms with Gasteiger partial charge in [0.05, 0.1) is 0 Å². The van der Waals surface area contributed by atoms with Crippen molar-refractivity contribution in [2.75, 3.05) is 26.2 Å². The molecular weight excluding hydrogens is 232 g/mol. The van der Waals surface area contributed by atoms with E-state index in [9.17, 15) is 9.59 Å². The topological polar surface area (TPSA) is 60.9 Å². The first-order valence-corrected chi connectivity index (χ1v) is 6.32. The number of likely N-dealkylation sites (N-methyl/N-ethyl adjacent to an activating group) is 1. The normalized spacial score (nSPS) is 22.7. The molecule has 0 aliphatic carbocycles. The average molecular weight is 254 g/mol. The maximum Gasteiger partial charge on any atom is 0.331 e. The van der Waals surface area contributed by atoms with E-state index in [0.29, 0.717) is 24.7 Å². The number of rotatable bonds is 3. The van der Waals surface area contributed by atoms with Crippen LogP contribution in [-0.4, -0.2) is 59.0 Å². The van der Waals surface area contributed by atoms with Crippen molar-refractivity contribution < 1.29 is 14.7 Å². The summed E-state index contributed by atoms with van der Waals surface area (Å²) in [4.78, 5) is 27.1. The molecule has 0 bridgehead atoms. The number of hydrogen-bond acceptors (Lipinski definition) is 3. The molecule has 1 aliphatic heterocycles. The molecule has 1 rings (SSSR count). The predicted octanol–water partition coefficient (Wildman–Crippen LogP) is 0.960. The monoisotopic (exact) mass is 254 g/mol. The molecule has 1 amide bonds. The van der Waals surface area contributed by atoms with Crippen LogP contribution in [0.2, 0.25) is 0 Å². The minimum Gasteiger partial charge on any atom is -0.478 e. The Labute approximate surface area is 108 Å². The summed E-state index contributed by atoms with van der Waals surface area (Å²) in [5, 5.41) is 8.89. The van der Waals surface area contributed by atoms with Crippen molar-refractivity contribution in [2.45, 2.75) is 33.7 Å². The summed E-state index contributed by atoms with van der Waals surface area (Å²) in [7, 11) is 0. The summed E-state index contributed by atoms with van der Waals surface area (Å²) < 4.78 is 0. The Morgan fingerprint density at radius 2 is 1.83 bits per heavy atom. The van der Waals surface area contributed by atoms with Crippen LogP contribution in [0.25, 0.3) is 0 Å². The zero-order valence-electron chi connectivity index (χ0n) is 11.6. The summed E-state index contributed by atoms with van der Waals surface area (Å²) in [6, 6.07) is 0.325. The van der Waals surface area contributed by atoms with E-state index in [1.165, 1.54) is 6.92 Å². The van der Waals surface area contributed by atoms with Gasteiger partial charge in [0.25, 0.3) is 0 Å². The zero-order valence-corrected chi connectivity index (χ0v) is 11.6. The van der Waals surface area contributed by atoms with Crippen molar-refractivity contribution in [3.63, 3.8) is 0 Å². The molecule has 5 heteroatoms. The number of carboxylic acid groups (broad SMARTS) is 1. The van der Waals surface area contributed by atoms with Crippen LogP contribution in [0.1, 0.15) is 27.7 Å². The largest absolute Gasteiger partial charge is 0.478 e. The number of hydrogen-bond donors (Lipinski definition) is 1. The van der Waals surface area contributed by atoms with Crippen molar-refractivity contribution in [3.05, 3.63) is 11.1 Å². The Morgan fingerprint density at radius 3 is 2.28 bits per heavy atom. The predicted molar refractivity (Wildman–Crippen MR) is 69.3 cm³/mol. The molecule has 0 aromatic heterocycles. The van der Waals surface area contributed by atoms with Crippen molar-refractivity contribution >= 4 is 11.9 Å². The highest BCUT2D eigenvalue weighted by Gasteiger charge is 2.27. The van der Waals surface area contributed by atoms with Crippen LogP contribution in [0.4, 0.5) is 0 Å². The molecule has 1 heterocycles. The molecule has 1 N–H and O–H groups in total. The van der Waals surface area contributed by atoms with E-state index in [-0.39, 0.29) is 11.5 Å². The third kappa shape index (κ3) is 3.10. The third-order valence-electron chi connectivity index (χ3n) is 3.66. The molecule has 0 aromatic carbocycles.